The van der Waals surface area contributed by atoms with Crippen LogP contribution in [0.5, 0.6) is 0 Å². The van der Waals surface area contributed by atoms with Crippen LogP contribution in [0.1, 0.15) is 12.8 Å². The highest BCUT2D eigenvalue weighted by molar-refractivity contribution is 5.03. The molecule has 3 rings (SSSR count). The molecule has 86 valence electrons. The molecular formula is C12H23N3. The van der Waals surface area contributed by atoms with Gasteiger partial charge in [-0.05, 0) is 31.2 Å². The van der Waals surface area contributed by atoms with Crippen LogP contribution in [0.3, 0.4) is 0 Å². The van der Waals surface area contributed by atoms with Crippen molar-refractivity contribution in [2.75, 3.05) is 52.9 Å². The summed E-state index contributed by atoms with van der Waals surface area (Å²) in [5, 5.41) is 3.42. The van der Waals surface area contributed by atoms with Crippen LogP contribution < -0.4 is 5.32 Å². The van der Waals surface area contributed by atoms with Gasteiger partial charge in [0.15, 0.2) is 0 Å². The first-order chi connectivity index (χ1) is 7.26. The van der Waals surface area contributed by atoms with Gasteiger partial charge in [0.1, 0.15) is 0 Å². The monoisotopic (exact) mass is 209 g/mol. The zero-order valence-electron chi connectivity index (χ0n) is 9.84. The Kier molecular flexibility index (Phi) is 2.49. The molecule has 1 spiro atoms. The second-order valence-corrected chi connectivity index (χ2v) is 6.00. The first kappa shape index (κ1) is 10.1. The van der Waals surface area contributed by atoms with Gasteiger partial charge in [0, 0.05) is 45.8 Å². The Bertz CT molecular complexity index is 221. The summed E-state index contributed by atoms with van der Waals surface area (Å²) < 4.78 is 0. The predicted octanol–water partition coefficient (Wildman–Crippen LogP) is 0.233. The zero-order chi connectivity index (χ0) is 10.3. The first-order valence-corrected chi connectivity index (χ1v) is 6.37. The molecule has 0 amide bonds. The van der Waals surface area contributed by atoms with E-state index in [9.17, 15) is 0 Å². The molecular weight excluding hydrogens is 186 g/mol. The lowest BCUT2D eigenvalue weighted by atomic mass is 9.58. The zero-order valence-corrected chi connectivity index (χ0v) is 9.84. The summed E-state index contributed by atoms with van der Waals surface area (Å²) in [5.74, 6) is 1.01. The smallest absolute Gasteiger partial charge is 0.0107 e. The van der Waals surface area contributed by atoms with Gasteiger partial charge in [-0.25, -0.2) is 0 Å². The van der Waals surface area contributed by atoms with Gasteiger partial charge in [0.25, 0.3) is 0 Å². The van der Waals surface area contributed by atoms with E-state index < -0.39 is 0 Å². The van der Waals surface area contributed by atoms with Crippen molar-refractivity contribution in [2.45, 2.75) is 12.8 Å². The molecule has 0 radical (unpaired) electrons. The number of likely N-dealkylation sites (tertiary alicyclic amines) is 1. The number of hydrogen-bond acceptors (Lipinski definition) is 3. The van der Waals surface area contributed by atoms with Crippen LogP contribution in [0.2, 0.25) is 0 Å². The minimum Gasteiger partial charge on any atom is -0.314 e. The fraction of sp³-hybridized carbons (Fsp3) is 1.00. The summed E-state index contributed by atoms with van der Waals surface area (Å²) in [4.78, 5) is 5.11. The van der Waals surface area contributed by atoms with Crippen molar-refractivity contribution < 1.29 is 0 Å². The average Bonchev–Trinajstić information content (AvgIpc) is 2.14. The Balaban J connectivity index is 1.40. The van der Waals surface area contributed by atoms with E-state index >= 15 is 0 Å². The van der Waals surface area contributed by atoms with Crippen molar-refractivity contribution in [2.24, 2.45) is 11.3 Å². The molecule has 2 aliphatic heterocycles. The molecule has 0 unspecified atom stereocenters. The van der Waals surface area contributed by atoms with Crippen molar-refractivity contribution in [3.05, 3.63) is 0 Å². The van der Waals surface area contributed by atoms with Gasteiger partial charge in [-0.3, -0.25) is 0 Å². The van der Waals surface area contributed by atoms with Crippen molar-refractivity contribution >= 4 is 0 Å². The molecule has 1 saturated carbocycles. The van der Waals surface area contributed by atoms with E-state index in [1.807, 2.05) is 0 Å². The Morgan fingerprint density at radius 1 is 1.20 bits per heavy atom. The van der Waals surface area contributed by atoms with E-state index in [0.717, 1.165) is 11.3 Å². The molecule has 3 heteroatoms. The lowest BCUT2D eigenvalue weighted by Gasteiger charge is -2.59. The third kappa shape index (κ3) is 1.93. The highest BCUT2D eigenvalue weighted by Gasteiger charge is 2.50. The van der Waals surface area contributed by atoms with Crippen molar-refractivity contribution in [3.63, 3.8) is 0 Å². The first-order valence-electron chi connectivity index (χ1n) is 6.37. The average molecular weight is 209 g/mol. The van der Waals surface area contributed by atoms with Crippen LogP contribution in [0.15, 0.2) is 0 Å². The van der Waals surface area contributed by atoms with E-state index in [-0.39, 0.29) is 0 Å². The van der Waals surface area contributed by atoms with E-state index in [2.05, 4.69) is 22.2 Å². The standard InChI is InChI=1S/C12H23N3/c1-14-9-12(10-14)6-11(7-12)8-15-4-2-13-3-5-15/h11,13H,2-10H2,1H3. The van der Waals surface area contributed by atoms with Crippen molar-refractivity contribution in [3.8, 4) is 0 Å². The van der Waals surface area contributed by atoms with E-state index in [0.29, 0.717) is 0 Å². The Morgan fingerprint density at radius 2 is 1.87 bits per heavy atom. The molecule has 2 saturated heterocycles. The molecule has 0 aromatic carbocycles. The number of nitrogens with zero attached hydrogens (tertiary/aromatic N) is 2. The van der Waals surface area contributed by atoms with E-state index in [4.69, 9.17) is 0 Å². The van der Waals surface area contributed by atoms with Crippen LogP contribution >= 0.6 is 0 Å². The normalized spacial score (nSPS) is 32.6. The largest absolute Gasteiger partial charge is 0.314 e. The van der Waals surface area contributed by atoms with Crippen molar-refractivity contribution in [1.29, 1.82) is 0 Å². The molecule has 2 heterocycles. The fourth-order valence-electron chi connectivity index (χ4n) is 3.91. The predicted molar refractivity (Wildman–Crippen MR) is 62.0 cm³/mol. The minimum atomic E-state index is 0.771. The molecule has 0 aromatic heterocycles. The number of rotatable bonds is 2. The SMILES string of the molecule is CN1CC2(CC(CN3CCNCC3)C2)C1. The van der Waals surface area contributed by atoms with Crippen LogP contribution in [0, 0.1) is 11.3 Å². The molecule has 15 heavy (non-hydrogen) atoms. The lowest BCUT2D eigenvalue weighted by molar-refractivity contribution is -0.0891. The maximum atomic E-state index is 3.42. The highest BCUT2D eigenvalue weighted by Crippen LogP contribution is 2.51. The Hall–Kier alpha value is -0.120. The van der Waals surface area contributed by atoms with Crippen LogP contribution in [-0.4, -0.2) is 62.7 Å². The molecule has 3 fully saturated rings. The third-order valence-corrected chi connectivity index (χ3v) is 4.38. The lowest BCUT2D eigenvalue weighted by Crippen LogP contribution is -2.62. The molecule has 1 aliphatic carbocycles. The second-order valence-electron chi connectivity index (χ2n) is 6.00. The van der Waals surface area contributed by atoms with Gasteiger partial charge in [0.05, 0.1) is 0 Å². The maximum Gasteiger partial charge on any atom is 0.0107 e. The van der Waals surface area contributed by atoms with Gasteiger partial charge in [0.2, 0.25) is 0 Å². The summed E-state index contributed by atoms with van der Waals surface area (Å²) in [6.07, 6.45) is 3.00. The van der Waals surface area contributed by atoms with Gasteiger partial charge in [-0.15, -0.1) is 0 Å². The molecule has 1 N–H and O–H groups in total. The van der Waals surface area contributed by atoms with E-state index in [1.165, 1.54) is 58.7 Å². The van der Waals surface area contributed by atoms with E-state index in [1.54, 1.807) is 0 Å². The highest BCUT2D eigenvalue weighted by atomic mass is 15.2. The summed E-state index contributed by atoms with van der Waals surface area (Å²) in [7, 11) is 2.24. The summed E-state index contributed by atoms with van der Waals surface area (Å²) in [6, 6.07) is 0. The minimum absolute atomic E-state index is 0.771. The fourth-order valence-corrected chi connectivity index (χ4v) is 3.91. The summed E-state index contributed by atoms with van der Waals surface area (Å²) in [6.45, 7) is 9.03. The van der Waals surface area contributed by atoms with Gasteiger partial charge >= 0.3 is 0 Å². The summed E-state index contributed by atoms with van der Waals surface area (Å²) >= 11 is 0. The quantitative estimate of drug-likeness (QED) is 0.702. The van der Waals surface area contributed by atoms with Crippen LogP contribution in [0.25, 0.3) is 0 Å². The number of nitrogens with one attached hydrogen (secondary N) is 1. The molecule has 0 aromatic rings. The Labute approximate surface area is 92.8 Å². The molecule has 0 bridgehead atoms. The molecule has 3 aliphatic rings. The molecule has 0 atom stereocenters. The number of hydrogen-bond donors (Lipinski definition) is 1. The number of piperazine rings is 1. The third-order valence-electron chi connectivity index (χ3n) is 4.38. The van der Waals surface area contributed by atoms with Crippen LogP contribution in [0.4, 0.5) is 0 Å². The van der Waals surface area contributed by atoms with Crippen LogP contribution in [-0.2, 0) is 0 Å². The summed E-state index contributed by atoms with van der Waals surface area (Å²) in [5.41, 5.74) is 0.771. The van der Waals surface area contributed by atoms with Crippen molar-refractivity contribution in [1.82, 2.24) is 15.1 Å². The molecule has 3 nitrogen and oxygen atoms in total. The van der Waals surface area contributed by atoms with Gasteiger partial charge < -0.3 is 15.1 Å². The second kappa shape index (κ2) is 3.72. The Morgan fingerprint density at radius 3 is 2.47 bits per heavy atom. The van der Waals surface area contributed by atoms with Gasteiger partial charge in [-0.2, -0.15) is 0 Å². The topological polar surface area (TPSA) is 18.5 Å². The maximum absolute atomic E-state index is 3.42. The van der Waals surface area contributed by atoms with Gasteiger partial charge in [-0.1, -0.05) is 0 Å².